The van der Waals surface area contributed by atoms with E-state index < -0.39 is 0 Å². The summed E-state index contributed by atoms with van der Waals surface area (Å²) in [6.45, 7) is 3.90. The Bertz CT molecular complexity index is 441. The highest BCUT2D eigenvalue weighted by Crippen LogP contribution is 2.30. The fraction of sp³-hybridized carbons (Fsp3) is 0.500. The van der Waals surface area contributed by atoms with E-state index in [9.17, 15) is 4.39 Å². The largest absolute Gasteiger partial charge is 0.384 e. The lowest BCUT2D eigenvalue weighted by atomic mass is 9.85. The molecule has 2 rings (SSSR count). The van der Waals surface area contributed by atoms with Gasteiger partial charge in [-0.2, -0.15) is 0 Å². The smallest absolute Gasteiger partial charge is 0.125 e. The van der Waals surface area contributed by atoms with Gasteiger partial charge >= 0.3 is 0 Å². The minimum Gasteiger partial charge on any atom is -0.384 e. The standard InChI is InChI=1S/C14H20FN3/c1-2-18(9-10-4-3-5-10)13-7-6-11(15)8-12(13)14(16)17/h6-8,10H,2-5,9H2,1H3,(H3,16,17). The van der Waals surface area contributed by atoms with Crippen LogP contribution in [0.2, 0.25) is 0 Å². The Kier molecular flexibility index (Phi) is 3.84. The third-order valence-corrected chi connectivity index (χ3v) is 3.67. The molecule has 18 heavy (non-hydrogen) atoms. The molecule has 4 heteroatoms. The summed E-state index contributed by atoms with van der Waals surface area (Å²) >= 11 is 0. The summed E-state index contributed by atoms with van der Waals surface area (Å²) in [5.41, 5.74) is 6.91. The summed E-state index contributed by atoms with van der Waals surface area (Å²) in [7, 11) is 0. The van der Waals surface area contributed by atoms with Crippen LogP contribution in [0.3, 0.4) is 0 Å². The maximum atomic E-state index is 13.2. The molecule has 0 unspecified atom stereocenters. The monoisotopic (exact) mass is 249 g/mol. The van der Waals surface area contributed by atoms with E-state index in [4.69, 9.17) is 11.1 Å². The molecule has 0 aliphatic heterocycles. The van der Waals surface area contributed by atoms with Gasteiger partial charge in [0.25, 0.3) is 0 Å². The molecule has 1 aromatic rings. The molecule has 1 aliphatic carbocycles. The lowest BCUT2D eigenvalue weighted by Crippen LogP contribution is -2.34. The second-order valence-electron chi connectivity index (χ2n) is 4.91. The molecule has 3 nitrogen and oxygen atoms in total. The Morgan fingerprint density at radius 2 is 2.22 bits per heavy atom. The van der Waals surface area contributed by atoms with Crippen LogP contribution in [0.5, 0.6) is 0 Å². The Labute approximate surface area is 107 Å². The maximum Gasteiger partial charge on any atom is 0.125 e. The van der Waals surface area contributed by atoms with Crippen LogP contribution in [-0.2, 0) is 0 Å². The van der Waals surface area contributed by atoms with Crippen molar-refractivity contribution >= 4 is 11.5 Å². The number of hydrogen-bond donors (Lipinski definition) is 2. The van der Waals surface area contributed by atoms with E-state index in [2.05, 4.69) is 11.8 Å². The van der Waals surface area contributed by atoms with Crippen LogP contribution in [0, 0.1) is 17.1 Å². The molecule has 1 aliphatic rings. The number of nitrogens with one attached hydrogen (secondary N) is 1. The van der Waals surface area contributed by atoms with Gasteiger partial charge in [-0.25, -0.2) is 4.39 Å². The van der Waals surface area contributed by atoms with Crippen molar-refractivity contribution in [2.75, 3.05) is 18.0 Å². The predicted molar refractivity (Wildman–Crippen MR) is 72.6 cm³/mol. The summed E-state index contributed by atoms with van der Waals surface area (Å²) in [5, 5.41) is 7.57. The van der Waals surface area contributed by atoms with Crippen LogP contribution in [0.1, 0.15) is 31.7 Å². The second-order valence-corrected chi connectivity index (χ2v) is 4.91. The zero-order valence-electron chi connectivity index (χ0n) is 10.7. The Morgan fingerprint density at radius 3 is 2.72 bits per heavy atom. The zero-order valence-corrected chi connectivity index (χ0v) is 10.7. The van der Waals surface area contributed by atoms with Crippen LogP contribution in [0.15, 0.2) is 18.2 Å². The summed E-state index contributed by atoms with van der Waals surface area (Å²) < 4.78 is 13.2. The molecule has 0 saturated heterocycles. The zero-order chi connectivity index (χ0) is 13.1. The first-order chi connectivity index (χ1) is 8.61. The van der Waals surface area contributed by atoms with Gasteiger partial charge in [0.2, 0.25) is 0 Å². The molecule has 0 spiro atoms. The Hall–Kier alpha value is -1.58. The van der Waals surface area contributed by atoms with E-state index in [1.54, 1.807) is 6.07 Å². The third-order valence-electron chi connectivity index (χ3n) is 3.67. The highest BCUT2D eigenvalue weighted by Gasteiger charge is 2.22. The molecule has 1 saturated carbocycles. The van der Waals surface area contributed by atoms with Crippen LogP contribution in [-0.4, -0.2) is 18.9 Å². The minimum absolute atomic E-state index is 0.0726. The molecule has 0 radical (unpaired) electrons. The average molecular weight is 249 g/mol. The predicted octanol–water partition coefficient (Wildman–Crippen LogP) is 2.74. The van der Waals surface area contributed by atoms with Crippen molar-refractivity contribution in [1.29, 1.82) is 5.41 Å². The van der Waals surface area contributed by atoms with Crippen molar-refractivity contribution in [3.8, 4) is 0 Å². The van der Waals surface area contributed by atoms with Gasteiger partial charge < -0.3 is 10.6 Å². The fourth-order valence-electron chi connectivity index (χ4n) is 2.38. The van der Waals surface area contributed by atoms with Crippen molar-refractivity contribution in [3.05, 3.63) is 29.6 Å². The summed E-state index contributed by atoms with van der Waals surface area (Å²) in [5.74, 6) is 0.315. The molecule has 0 amide bonds. The van der Waals surface area contributed by atoms with Gasteiger partial charge in [0.05, 0.1) is 0 Å². The number of nitrogen functional groups attached to an aromatic ring is 1. The number of anilines is 1. The Morgan fingerprint density at radius 1 is 1.50 bits per heavy atom. The van der Waals surface area contributed by atoms with Crippen LogP contribution >= 0.6 is 0 Å². The molecule has 0 aromatic heterocycles. The first-order valence-corrected chi connectivity index (χ1v) is 6.50. The van der Waals surface area contributed by atoms with Crippen LogP contribution in [0.4, 0.5) is 10.1 Å². The molecule has 1 aromatic carbocycles. The number of amidine groups is 1. The van der Waals surface area contributed by atoms with Gasteiger partial charge in [-0.15, -0.1) is 0 Å². The molecule has 98 valence electrons. The summed E-state index contributed by atoms with van der Waals surface area (Å²) in [6.07, 6.45) is 3.85. The highest BCUT2D eigenvalue weighted by molar-refractivity contribution is 6.00. The number of halogens is 1. The van der Waals surface area contributed by atoms with E-state index in [1.165, 1.54) is 31.4 Å². The number of hydrogen-bond acceptors (Lipinski definition) is 2. The lowest BCUT2D eigenvalue weighted by molar-refractivity contribution is 0.318. The van der Waals surface area contributed by atoms with Crippen molar-refractivity contribution in [2.45, 2.75) is 26.2 Å². The third kappa shape index (κ3) is 2.63. The number of nitrogens with zero attached hydrogens (tertiary/aromatic N) is 1. The number of benzene rings is 1. The average Bonchev–Trinajstić information content (AvgIpc) is 2.28. The normalized spacial score (nSPS) is 15.2. The van der Waals surface area contributed by atoms with E-state index in [1.807, 2.05) is 0 Å². The van der Waals surface area contributed by atoms with Gasteiger partial charge in [-0.3, -0.25) is 5.41 Å². The molecule has 0 atom stereocenters. The molecular weight excluding hydrogens is 229 g/mol. The van der Waals surface area contributed by atoms with Crippen LogP contribution < -0.4 is 10.6 Å². The molecule has 0 heterocycles. The molecule has 1 fully saturated rings. The van der Waals surface area contributed by atoms with Crippen molar-refractivity contribution in [1.82, 2.24) is 0 Å². The topological polar surface area (TPSA) is 53.1 Å². The minimum atomic E-state index is -0.344. The maximum absolute atomic E-state index is 13.2. The summed E-state index contributed by atoms with van der Waals surface area (Å²) in [4.78, 5) is 2.19. The summed E-state index contributed by atoms with van der Waals surface area (Å²) in [6, 6.07) is 4.51. The van der Waals surface area contributed by atoms with Gasteiger partial charge in [-0.05, 0) is 43.9 Å². The van der Waals surface area contributed by atoms with E-state index in [0.29, 0.717) is 5.56 Å². The van der Waals surface area contributed by atoms with Gasteiger partial charge in [0.15, 0.2) is 0 Å². The van der Waals surface area contributed by atoms with Crippen molar-refractivity contribution in [2.24, 2.45) is 11.7 Å². The number of nitrogens with two attached hydrogens (primary N) is 1. The van der Waals surface area contributed by atoms with Crippen LogP contribution in [0.25, 0.3) is 0 Å². The lowest BCUT2D eigenvalue weighted by Gasteiger charge is -2.34. The quantitative estimate of drug-likeness (QED) is 0.622. The second kappa shape index (κ2) is 5.38. The van der Waals surface area contributed by atoms with E-state index in [-0.39, 0.29) is 11.7 Å². The fourth-order valence-corrected chi connectivity index (χ4v) is 2.38. The molecule has 3 N–H and O–H groups in total. The van der Waals surface area contributed by atoms with E-state index >= 15 is 0 Å². The van der Waals surface area contributed by atoms with Crippen molar-refractivity contribution < 1.29 is 4.39 Å². The Balaban J connectivity index is 2.25. The first kappa shape index (κ1) is 12.9. The van der Waals surface area contributed by atoms with Gasteiger partial charge in [-0.1, -0.05) is 6.42 Å². The van der Waals surface area contributed by atoms with E-state index in [0.717, 1.165) is 24.7 Å². The SMILES string of the molecule is CCN(CC1CCC1)c1ccc(F)cc1C(=N)N. The van der Waals surface area contributed by atoms with Crippen molar-refractivity contribution in [3.63, 3.8) is 0 Å². The highest BCUT2D eigenvalue weighted by atomic mass is 19.1. The van der Waals surface area contributed by atoms with Gasteiger partial charge in [0, 0.05) is 24.3 Å². The molecule has 0 bridgehead atoms. The van der Waals surface area contributed by atoms with Gasteiger partial charge in [0.1, 0.15) is 11.7 Å². The first-order valence-electron chi connectivity index (χ1n) is 6.50. The molecular formula is C14H20FN3. The number of rotatable bonds is 5.